The number of anilines is 1. The number of halogens is 1. The molecule has 108 valence electrons. The minimum absolute atomic E-state index is 0.0193. The van der Waals surface area contributed by atoms with Crippen LogP contribution < -0.4 is 10.6 Å². The van der Waals surface area contributed by atoms with Gasteiger partial charge in [-0.2, -0.15) is 0 Å². The van der Waals surface area contributed by atoms with Crippen molar-refractivity contribution in [2.75, 3.05) is 11.4 Å². The van der Waals surface area contributed by atoms with E-state index in [-0.39, 0.29) is 6.04 Å². The molecule has 1 aromatic rings. The molecule has 0 aliphatic rings. The Hall–Kier alpha value is -0.730. The van der Waals surface area contributed by atoms with Crippen molar-refractivity contribution < 1.29 is 0 Å². The van der Waals surface area contributed by atoms with Crippen LogP contribution in [0.4, 0.5) is 5.69 Å². The molecule has 2 N–H and O–H groups in total. The fourth-order valence-corrected chi connectivity index (χ4v) is 2.63. The second kappa shape index (κ2) is 7.76. The number of benzene rings is 1. The van der Waals surface area contributed by atoms with Gasteiger partial charge in [0.05, 0.1) is 0 Å². The third-order valence-corrected chi connectivity index (χ3v) is 3.76. The molecule has 0 fully saturated rings. The summed E-state index contributed by atoms with van der Waals surface area (Å²) < 4.78 is 0. The number of nitrogens with zero attached hydrogens (tertiary/aromatic N) is 1. The molecule has 0 bridgehead atoms. The molecule has 0 amide bonds. The van der Waals surface area contributed by atoms with E-state index < -0.39 is 0 Å². The highest BCUT2D eigenvalue weighted by Crippen LogP contribution is 2.28. The van der Waals surface area contributed by atoms with E-state index >= 15 is 0 Å². The van der Waals surface area contributed by atoms with Crippen molar-refractivity contribution in [3.05, 3.63) is 28.8 Å². The van der Waals surface area contributed by atoms with Crippen LogP contribution in [0.25, 0.3) is 0 Å². The van der Waals surface area contributed by atoms with Crippen LogP contribution in [-0.4, -0.2) is 12.6 Å². The van der Waals surface area contributed by atoms with Crippen LogP contribution >= 0.6 is 11.6 Å². The minimum atomic E-state index is -0.0193. The first-order valence-corrected chi connectivity index (χ1v) is 7.66. The van der Waals surface area contributed by atoms with E-state index in [1.165, 1.54) is 24.9 Å². The van der Waals surface area contributed by atoms with E-state index in [0.29, 0.717) is 6.04 Å². The summed E-state index contributed by atoms with van der Waals surface area (Å²) in [6.45, 7) is 9.72. The lowest BCUT2D eigenvalue weighted by Gasteiger charge is -2.29. The average molecular weight is 283 g/mol. The highest BCUT2D eigenvalue weighted by Gasteiger charge is 2.13. The molecule has 0 saturated carbocycles. The first-order chi connectivity index (χ1) is 8.97. The van der Waals surface area contributed by atoms with Gasteiger partial charge in [-0.1, -0.05) is 37.4 Å². The Bertz CT molecular complexity index is 388. The number of unbranched alkanes of at least 4 members (excludes halogenated alkanes) is 2. The Kier molecular flexibility index (Phi) is 6.67. The molecule has 1 aromatic carbocycles. The van der Waals surface area contributed by atoms with E-state index in [9.17, 15) is 0 Å². The molecule has 0 spiro atoms. The molecule has 0 radical (unpaired) electrons. The van der Waals surface area contributed by atoms with Gasteiger partial charge < -0.3 is 10.6 Å². The Labute approximate surface area is 122 Å². The van der Waals surface area contributed by atoms with Crippen LogP contribution in [0.2, 0.25) is 5.02 Å². The fourth-order valence-electron chi connectivity index (χ4n) is 2.28. The molecular formula is C16H27ClN2. The van der Waals surface area contributed by atoms with E-state index in [0.717, 1.165) is 17.1 Å². The summed E-state index contributed by atoms with van der Waals surface area (Å²) in [7, 11) is 0. The lowest BCUT2D eigenvalue weighted by molar-refractivity contribution is 0.626. The van der Waals surface area contributed by atoms with Gasteiger partial charge in [-0.05, 0) is 44.9 Å². The summed E-state index contributed by atoms with van der Waals surface area (Å²) in [5, 5.41) is 0.772. The van der Waals surface area contributed by atoms with Crippen LogP contribution in [0.15, 0.2) is 18.2 Å². The van der Waals surface area contributed by atoms with Crippen molar-refractivity contribution in [1.29, 1.82) is 0 Å². The van der Waals surface area contributed by atoms with Crippen molar-refractivity contribution >= 4 is 17.3 Å². The molecule has 0 aliphatic heterocycles. The highest BCUT2D eigenvalue weighted by atomic mass is 35.5. The summed E-state index contributed by atoms with van der Waals surface area (Å²) in [6, 6.07) is 6.70. The van der Waals surface area contributed by atoms with Gasteiger partial charge in [0.1, 0.15) is 0 Å². The average Bonchev–Trinajstić information content (AvgIpc) is 2.33. The van der Waals surface area contributed by atoms with Gasteiger partial charge in [0.2, 0.25) is 0 Å². The number of hydrogen-bond acceptors (Lipinski definition) is 2. The van der Waals surface area contributed by atoms with Gasteiger partial charge in [0, 0.05) is 29.3 Å². The molecule has 0 heterocycles. The topological polar surface area (TPSA) is 29.3 Å². The quantitative estimate of drug-likeness (QED) is 0.730. The lowest BCUT2D eigenvalue weighted by atomic mass is 10.1. The third kappa shape index (κ3) is 4.70. The van der Waals surface area contributed by atoms with Crippen LogP contribution in [0.1, 0.15) is 58.6 Å². The van der Waals surface area contributed by atoms with Crippen LogP contribution in [0.5, 0.6) is 0 Å². The summed E-state index contributed by atoms with van der Waals surface area (Å²) in [6.07, 6.45) is 3.74. The Balaban J connectivity index is 2.87. The molecule has 1 rings (SSSR count). The number of rotatable bonds is 7. The van der Waals surface area contributed by atoms with Crippen molar-refractivity contribution in [3.8, 4) is 0 Å². The monoisotopic (exact) mass is 282 g/mol. The first-order valence-electron chi connectivity index (χ1n) is 7.29. The fraction of sp³-hybridized carbons (Fsp3) is 0.625. The summed E-state index contributed by atoms with van der Waals surface area (Å²) in [5.74, 6) is 0. The summed E-state index contributed by atoms with van der Waals surface area (Å²) in [5.41, 5.74) is 8.11. The van der Waals surface area contributed by atoms with E-state index in [1.54, 1.807) is 0 Å². The zero-order valence-corrected chi connectivity index (χ0v) is 13.4. The van der Waals surface area contributed by atoms with E-state index in [2.05, 4.69) is 37.8 Å². The molecule has 2 nitrogen and oxygen atoms in total. The predicted molar refractivity (Wildman–Crippen MR) is 86.1 cm³/mol. The van der Waals surface area contributed by atoms with Crippen LogP contribution in [0, 0.1) is 0 Å². The van der Waals surface area contributed by atoms with Gasteiger partial charge in [-0.25, -0.2) is 0 Å². The van der Waals surface area contributed by atoms with Crippen molar-refractivity contribution in [2.45, 2.75) is 59.0 Å². The first kappa shape index (κ1) is 16.3. The van der Waals surface area contributed by atoms with Crippen LogP contribution in [-0.2, 0) is 0 Å². The van der Waals surface area contributed by atoms with Gasteiger partial charge in [-0.15, -0.1) is 0 Å². The molecule has 0 aliphatic carbocycles. The highest BCUT2D eigenvalue weighted by molar-refractivity contribution is 6.31. The molecule has 0 aromatic heterocycles. The summed E-state index contributed by atoms with van der Waals surface area (Å²) >= 11 is 6.33. The molecular weight excluding hydrogens is 256 g/mol. The zero-order valence-electron chi connectivity index (χ0n) is 12.6. The Morgan fingerprint density at radius 2 is 1.89 bits per heavy atom. The third-order valence-electron chi connectivity index (χ3n) is 3.43. The normalized spacial score (nSPS) is 12.8. The summed E-state index contributed by atoms with van der Waals surface area (Å²) in [4.78, 5) is 2.41. The molecule has 1 unspecified atom stereocenters. The number of nitrogens with two attached hydrogens (primary N) is 1. The smallest absolute Gasteiger partial charge is 0.0474 e. The second-order valence-electron chi connectivity index (χ2n) is 5.49. The van der Waals surface area contributed by atoms with E-state index in [1.807, 2.05) is 13.0 Å². The predicted octanol–water partition coefficient (Wildman–Crippen LogP) is 4.76. The van der Waals surface area contributed by atoms with E-state index in [4.69, 9.17) is 17.3 Å². The number of hydrogen-bond donors (Lipinski definition) is 1. The van der Waals surface area contributed by atoms with Gasteiger partial charge in [0.25, 0.3) is 0 Å². The van der Waals surface area contributed by atoms with Gasteiger partial charge >= 0.3 is 0 Å². The largest absolute Gasteiger partial charge is 0.369 e. The Morgan fingerprint density at radius 1 is 1.21 bits per heavy atom. The molecule has 1 atom stereocenters. The maximum Gasteiger partial charge on any atom is 0.0474 e. The SMILES string of the molecule is CCCCCN(c1ccc(C(C)N)c(Cl)c1)C(C)C. The van der Waals surface area contributed by atoms with Gasteiger partial charge in [-0.3, -0.25) is 0 Å². The molecule has 19 heavy (non-hydrogen) atoms. The molecule has 0 saturated heterocycles. The van der Waals surface area contributed by atoms with Crippen molar-refractivity contribution in [1.82, 2.24) is 0 Å². The maximum absolute atomic E-state index is 6.33. The standard InChI is InChI=1S/C16H27ClN2/c1-5-6-7-10-19(12(2)3)14-8-9-15(13(4)18)16(17)11-14/h8-9,11-13H,5-7,10,18H2,1-4H3. The zero-order chi connectivity index (χ0) is 14.4. The van der Waals surface area contributed by atoms with Crippen molar-refractivity contribution in [2.24, 2.45) is 5.73 Å². The van der Waals surface area contributed by atoms with Gasteiger partial charge in [0.15, 0.2) is 0 Å². The molecule has 3 heteroatoms. The minimum Gasteiger partial charge on any atom is -0.369 e. The van der Waals surface area contributed by atoms with Crippen molar-refractivity contribution in [3.63, 3.8) is 0 Å². The lowest BCUT2D eigenvalue weighted by Crippen LogP contribution is -2.31. The second-order valence-corrected chi connectivity index (χ2v) is 5.90. The Morgan fingerprint density at radius 3 is 2.37 bits per heavy atom. The van der Waals surface area contributed by atoms with Crippen LogP contribution in [0.3, 0.4) is 0 Å². The maximum atomic E-state index is 6.33.